The molecule has 4 nitrogen and oxygen atoms in total. The van der Waals surface area contributed by atoms with Gasteiger partial charge in [-0.05, 0) is 18.2 Å². The van der Waals surface area contributed by atoms with Gasteiger partial charge in [0.05, 0.1) is 5.56 Å². The topological polar surface area (TPSA) is 52.3 Å². The maximum absolute atomic E-state index is 12.4. The van der Waals surface area contributed by atoms with Crippen LogP contribution in [0.15, 0.2) is 41.3 Å². The number of hydrogen-bond acceptors (Lipinski definition) is 4. The second kappa shape index (κ2) is 4.52. The Bertz CT molecular complexity index is 549. The highest BCUT2D eigenvalue weighted by Gasteiger charge is 2.30. The maximum atomic E-state index is 12.4. The Hall–Kier alpha value is -2.31. The van der Waals surface area contributed by atoms with Crippen molar-refractivity contribution in [2.45, 2.75) is 6.18 Å². The first-order valence-corrected chi connectivity index (χ1v) is 4.74. The summed E-state index contributed by atoms with van der Waals surface area (Å²) in [6, 6.07) is 4.01. The van der Waals surface area contributed by atoms with Gasteiger partial charge in [0.2, 0.25) is 0 Å². The van der Waals surface area contributed by atoms with E-state index in [1.807, 2.05) is 0 Å². The first-order valence-electron chi connectivity index (χ1n) is 4.74. The van der Waals surface area contributed by atoms with Crippen LogP contribution in [0, 0.1) is 0 Å². The van der Waals surface area contributed by atoms with Gasteiger partial charge >= 0.3 is 12.1 Å². The smallest absolute Gasteiger partial charge is 0.416 e. The molecule has 0 saturated carbocycles. The van der Waals surface area contributed by atoms with Crippen LogP contribution in [-0.4, -0.2) is 11.0 Å². The Balaban J connectivity index is 2.18. The van der Waals surface area contributed by atoms with E-state index in [1.165, 1.54) is 6.07 Å². The molecule has 0 radical (unpaired) electrons. The van der Waals surface area contributed by atoms with Crippen LogP contribution < -0.4 is 4.74 Å². The Labute approximate surface area is 99.0 Å². The number of halogens is 3. The molecule has 0 bridgehead atoms. The molecule has 1 aromatic carbocycles. The number of rotatable bonds is 2. The summed E-state index contributed by atoms with van der Waals surface area (Å²) in [6.07, 6.45) is -2.44. The first kappa shape index (κ1) is 12.2. The molecule has 94 valence electrons. The fourth-order valence-electron chi connectivity index (χ4n) is 1.21. The summed E-state index contributed by atoms with van der Waals surface area (Å²) in [4.78, 5) is 14.9. The standard InChI is InChI=1S/C11H6F3NO3/c12-11(13,14)7-2-1-3-8(4-7)18-10(16)9-5-17-6-15-9/h1-6H. The number of nitrogens with zero attached hydrogens (tertiary/aromatic N) is 1. The lowest BCUT2D eigenvalue weighted by Crippen LogP contribution is -2.10. The SMILES string of the molecule is O=C(Oc1cccc(C(F)(F)F)c1)c1cocn1. The predicted octanol–water partition coefficient (Wildman–Crippen LogP) is 2.91. The monoisotopic (exact) mass is 257 g/mol. The molecule has 0 unspecified atom stereocenters. The van der Waals surface area contributed by atoms with Gasteiger partial charge in [0.25, 0.3) is 0 Å². The summed E-state index contributed by atoms with van der Waals surface area (Å²) < 4.78 is 46.5. The van der Waals surface area contributed by atoms with Crippen LogP contribution in [0.25, 0.3) is 0 Å². The van der Waals surface area contributed by atoms with Crippen LogP contribution in [0.5, 0.6) is 5.75 Å². The number of aromatic nitrogens is 1. The molecule has 18 heavy (non-hydrogen) atoms. The molecule has 2 aromatic rings. The van der Waals surface area contributed by atoms with Crippen molar-refractivity contribution >= 4 is 5.97 Å². The fraction of sp³-hybridized carbons (Fsp3) is 0.0909. The van der Waals surface area contributed by atoms with Crippen molar-refractivity contribution in [2.24, 2.45) is 0 Å². The van der Waals surface area contributed by atoms with Gasteiger partial charge in [-0.15, -0.1) is 0 Å². The summed E-state index contributed by atoms with van der Waals surface area (Å²) in [5.41, 5.74) is -1.01. The highest BCUT2D eigenvalue weighted by molar-refractivity contribution is 5.88. The molecule has 1 heterocycles. The van der Waals surface area contributed by atoms with Gasteiger partial charge in [0, 0.05) is 0 Å². The molecule has 1 aromatic heterocycles. The molecule has 0 aliphatic heterocycles. The van der Waals surface area contributed by atoms with Gasteiger partial charge in [-0.3, -0.25) is 0 Å². The second-order valence-corrected chi connectivity index (χ2v) is 3.29. The van der Waals surface area contributed by atoms with Gasteiger partial charge in [-0.1, -0.05) is 6.07 Å². The van der Waals surface area contributed by atoms with Crippen LogP contribution in [-0.2, 0) is 6.18 Å². The van der Waals surface area contributed by atoms with E-state index < -0.39 is 17.7 Å². The zero-order valence-corrected chi connectivity index (χ0v) is 8.77. The summed E-state index contributed by atoms with van der Waals surface area (Å²) in [5, 5.41) is 0. The number of ether oxygens (including phenoxy) is 1. The van der Waals surface area contributed by atoms with Crippen molar-refractivity contribution in [3.63, 3.8) is 0 Å². The third-order valence-corrected chi connectivity index (χ3v) is 2.01. The number of oxazole rings is 1. The van der Waals surface area contributed by atoms with Crippen molar-refractivity contribution in [3.8, 4) is 5.75 Å². The van der Waals surface area contributed by atoms with Crippen LogP contribution >= 0.6 is 0 Å². The van der Waals surface area contributed by atoms with Crippen LogP contribution in [0.2, 0.25) is 0 Å². The molecular formula is C11H6F3NO3. The summed E-state index contributed by atoms with van der Waals surface area (Å²) in [5.74, 6) is -1.10. The average Bonchev–Trinajstić information content (AvgIpc) is 2.81. The number of carbonyl (C=O) groups excluding carboxylic acids is 1. The summed E-state index contributed by atoms with van der Waals surface area (Å²) in [7, 11) is 0. The van der Waals surface area contributed by atoms with Crippen molar-refractivity contribution in [1.82, 2.24) is 4.98 Å². The first-order chi connectivity index (χ1) is 8.47. The van der Waals surface area contributed by atoms with E-state index in [4.69, 9.17) is 4.74 Å². The minimum Gasteiger partial charge on any atom is -0.451 e. The zero-order chi connectivity index (χ0) is 13.2. The minimum absolute atomic E-state index is 0.118. The zero-order valence-electron chi connectivity index (χ0n) is 8.77. The molecule has 0 atom stereocenters. The Morgan fingerprint density at radius 3 is 2.72 bits per heavy atom. The number of alkyl halides is 3. The van der Waals surface area contributed by atoms with Crippen molar-refractivity contribution in [3.05, 3.63) is 48.2 Å². The number of hydrogen-bond donors (Lipinski definition) is 0. The van der Waals surface area contributed by atoms with Crippen LogP contribution in [0.1, 0.15) is 16.1 Å². The van der Waals surface area contributed by atoms with Gasteiger partial charge in [-0.2, -0.15) is 13.2 Å². The number of carbonyl (C=O) groups is 1. The lowest BCUT2D eigenvalue weighted by atomic mass is 10.2. The highest BCUT2D eigenvalue weighted by atomic mass is 19.4. The Morgan fingerprint density at radius 2 is 2.11 bits per heavy atom. The van der Waals surface area contributed by atoms with Gasteiger partial charge in [0.15, 0.2) is 12.1 Å². The van der Waals surface area contributed by atoms with Crippen molar-refractivity contribution < 1.29 is 27.1 Å². The molecule has 0 saturated heterocycles. The molecule has 7 heteroatoms. The quantitative estimate of drug-likeness (QED) is 0.613. The molecule has 0 aliphatic carbocycles. The van der Waals surface area contributed by atoms with Crippen molar-refractivity contribution in [2.75, 3.05) is 0 Å². The van der Waals surface area contributed by atoms with Gasteiger partial charge < -0.3 is 9.15 Å². The minimum atomic E-state index is -4.49. The maximum Gasteiger partial charge on any atom is 0.416 e. The lowest BCUT2D eigenvalue weighted by molar-refractivity contribution is -0.137. The summed E-state index contributed by atoms with van der Waals surface area (Å²) in [6.45, 7) is 0. The van der Waals surface area contributed by atoms with Crippen molar-refractivity contribution in [1.29, 1.82) is 0 Å². The van der Waals surface area contributed by atoms with Gasteiger partial charge in [-0.25, -0.2) is 9.78 Å². The number of benzene rings is 1. The molecule has 0 fully saturated rings. The Kier molecular flexibility index (Phi) is 3.05. The Morgan fingerprint density at radius 1 is 1.33 bits per heavy atom. The predicted molar refractivity (Wildman–Crippen MR) is 52.9 cm³/mol. The molecular weight excluding hydrogens is 251 g/mol. The molecule has 2 rings (SSSR count). The van der Waals surface area contributed by atoms with E-state index in [0.29, 0.717) is 0 Å². The van der Waals surface area contributed by atoms with Gasteiger partial charge in [0.1, 0.15) is 12.0 Å². The molecule has 0 aliphatic rings. The van der Waals surface area contributed by atoms with Crippen LogP contribution in [0.4, 0.5) is 13.2 Å². The average molecular weight is 257 g/mol. The van der Waals surface area contributed by atoms with E-state index >= 15 is 0 Å². The van der Waals surface area contributed by atoms with E-state index in [0.717, 1.165) is 30.9 Å². The highest BCUT2D eigenvalue weighted by Crippen LogP contribution is 2.31. The fourth-order valence-corrected chi connectivity index (χ4v) is 1.21. The van der Waals surface area contributed by atoms with E-state index in [1.54, 1.807) is 0 Å². The third-order valence-electron chi connectivity index (χ3n) is 2.01. The van der Waals surface area contributed by atoms with E-state index in [2.05, 4.69) is 9.40 Å². The molecule has 0 amide bonds. The number of esters is 1. The largest absolute Gasteiger partial charge is 0.451 e. The lowest BCUT2D eigenvalue weighted by Gasteiger charge is -2.08. The molecule has 0 N–H and O–H groups in total. The third kappa shape index (κ3) is 2.68. The van der Waals surface area contributed by atoms with Crippen LogP contribution in [0.3, 0.4) is 0 Å². The summed E-state index contributed by atoms with van der Waals surface area (Å²) >= 11 is 0. The molecule has 0 spiro atoms. The normalized spacial score (nSPS) is 11.3. The second-order valence-electron chi connectivity index (χ2n) is 3.29. The van der Waals surface area contributed by atoms with E-state index in [9.17, 15) is 18.0 Å². The van der Waals surface area contributed by atoms with E-state index in [-0.39, 0.29) is 11.4 Å².